The highest BCUT2D eigenvalue weighted by Crippen LogP contribution is 2.16. The van der Waals surface area contributed by atoms with Crippen LogP contribution in [0.5, 0.6) is 0 Å². The van der Waals surface area contributed by atoms with Gasteiger partial charge in [-0.05, 0) is 20.8 Å². The first-order valence-electron chi connectivity index (χ1n) is 4.95. The zero-order valence-corrected chi connectivity index (χ0v) is 10.5. The van der Waals surface area contributed by atoms with Crippen LogP contribution in [0.4, 0.5) is 4.79 Å². The lowest BCUT2D eigenvalue weighted by atomic mass is 10.2. The zero-order valence-electron chi connectivity index (χ0n) is 9.63. The minimum Gasteiger partial charge on any atom is -0.444 e. The monoisotopic (exact) mass is 251 g/mol. The Labute approximate surface area is 97.2 Å². The first kappa shape index (κ1) is 13.4. The topological polar surface area (TPSA) is 76.1 Å². The average Bonchev–Trinajstić information content (AvgIpc) is 1.96. The number of rotatable bonds is 3. The summed E-state index contributed by atoms with van der Waals surface area (Å²) in [5.74, 6) is -0.215. The van der Waals surface area contributed by atoms with Crippen molar-refractivity contribution in [1.82, 2.24) is 4.90 Å². The Morgan fingerprint density at radius 2 is 2.06 bits per heavy atom. The van der Waals surface area contributed by atoms with Gasteiger partial charge in [0.15, 0.2) is 11.1 Å². The van der Waals surface area contributed by atoms with Gasteiger partial charge in [-0.25, -0.2) is 9.00 Å². The van der Waals surface area contributed by atoms with Crippen molar-refractivity contribution in [2.75, 3.05) is 19.0 Å². The lowest BCUT2D eigenvalue weighted by Crippen LogP contribution is -2.56. The number of hydrogen-bond donors (Lipinski definition) is 1. The van der Waals surface area contributed by atoms with Gasteiger partial charge in [-0.1, -0.05) is 0 Å². The van der Waals surface area contributed by atoms with E-state index in [4.69, 9.17) is 14.0 Å². The molecule has 0 aliphatic carbocycles. The molecule has 1 N–H and O–H groups in total. The molecule has 16 heavy (non-hydrogen) atoms. The highest BCUT2D eigenvalue weighted by atomic mass is 32.2. The number of nitrogens with zero attached hydrogens (tertiary/aromatic N) is 1. The second-order valence-corrected chi connectivity index (χ2v) is 5.49. The summed E-state index contributed by atoms with van der Waals surface area (Å²) in [6.45, 7) is 6.22. The second kappa shape index (κ2) is 5.11. The Morgan fingerprint density at radius 3 is 2.50 bits per heavy atom. The molecule has 0 radical (unpaired) electrons. The summed E-state index contributed by atoms with van der Waals surface area (Å²) in [6.07, 6.45) is -0.541. The zero-order chi connectivity index (χ0) is 12.3. The molecule has 1 aliphatic heterocycles. The molecule has 0 aromatic heterocycles. The highest BCUT2D eigenvalue weighted by molar-refractivity contribution is 7.79. The maximum absolute atomic E-state index is 11.5. The summed E-state index contributed by atoms with van der Waals surface area (Å²) in [6, 6.07) is 0. The third-order valence-corrected chi connectivity index (χ3v) is 2.24. The number of likely N-dealkylation sites (tertiary alicyclic amines) is 1. The van der Waals surface area contributed by atoms with Crippen LogP contribution in [0.1, 0.15) is 20.8 Å². The van der Waals surface area contributed by atoms with Crippen molar-refractivity contribution in [3.05, 3.63) is 0 Å². The third-order valence-electron chi connectivity index (χ3n) is 1.90. The molecular formula is C9H17NO5S. The minimum absolute atomic E-state index is 0.163. The van der Waals surface area contributed by atoms with Crippen LogP contribution in [0.2, 0.25) is 0 Å². The van der Waals surface area contributed by atoms with Crippen molar-refractivity contribution in [2.24, 2.45) is 0 Å². The van der Waals surface area contributed by atoms with Crippen LogP contribution in [-0.2, 0) is 20.6 Å². The van der Waals surface area contributed by atoms with E-state index in [-0.39, 0.29) is 18.1 Å². The molecule has 0 aromatic carbocycles. The van der Waals surface area contributed by atoms with E-state index in [1.807, 2.05) is 0 Å². The molecule has 6 nitrogen and oxygen atoms in total. The van der Waals surface area contributed by atoms with E-state index < -0.39 is 16.7 Å². The SMILES string of the molecule is CC(C)(C)OC(=O)N1CC(OCS(=O)O)C1. The molecule has 0 saturated carbocycles. The number of hydrogen-bond acceptors (Lipinski definition) is 4. The summed E-state index contributed by atoms with van der Waals surface area (Å²) in [5, 5.41) is 0. The molecule has 1 aliphatic rings. The molecule has 7 heteroatoms. The fraction of sp³-hybridized carbons (Fsp3) is 0.889. The van der Waals surface area contributed by atoms with Crippen LogP contribution in [0.3, 0.4) is 0 Å². The number of carbonyl (C=O) groups excluding carboxylic acids is 1. The van der Waals surface area contributed by atoms with E-state index in [9.17, 15) is 9.00 Å². The Balaban J connectivity index is 2.20. The largest absolute Gasteiger partial charge is 0.444 e. The van der Waals surface area contributed by atoms with Gasteiger partial charge in [0.25, 0.3) is 0 Å². The standard InChI is InChI=1S/C9H17NO5S/c1-9(2,3)15-8(11)10-4-7(5-10)14-6-16(12)13/h7H,4-6H2,1-3H3,(H,12,13). The van der Waals surface area contributed by atoms with Crippen LogP contribution >= 0.6 is 0 Å². The minimum atomic E-state index is -1.95. The van der Waals surface area contributed by atoms with E-state index >= 15 is 0 Å². The smallest absolute Gasteiger partial charge is 0.410 e. The molecule has 1 rings (SSSR count). The summed E-state index contributed by atoms with van der Waals surface area (Å²) in [4.78, 5) is 13.0. The van der Waals surface area contributed by atoms with Gasteiger partial charge >= 0.3 is 6.09 Å². The fourth-order valence-electron chi connectivity index (χ4n) is 1.17. The Morgan fingerprint density at radius 1 is 1.50 bits per heavy atom. The summed E-state index contributed by atoms with van der Waals surface area (Å²) in [7, 11) is 0. The van der Waals surface area contributed by atoms with Gasteiger partial charge in [0, 0.05) is 0 Å². The maximum Gasteiger partial charge on any atom is 0.410 e. The van der Waals surface area contributed by atoms with E-state index in [2.05, 4.69) is 0 Å². The van der Waals surface area contributed by atoms with Crippen LogP contribution in [0, 0.1) is 0 Å². The number of amides is 1. The van der Waals surface area contributed by atoms with Crippen molar-refractivity contribution in [3.8, 4) is 0 Å². The van der Waals surface area contributed by atoms with Crippen molar-refractivity contribution in [1.29, 1.82) is 0 Å². The quantitative estimate of drug-likeness (QED) is 0.751. The van der Waals surface area contributed by atoms with E-state index in [1.165, 1.54) is 4.90 Å². The lowest BCUT2D eigenvalue weighted by Gasteiger charge is -2.39. The van der Waals surface area contributed by atoms with Gasteiger partial charge in [0.05, 0.1) is 19.2 Å². The van der Waals surface area contributed by atoms with E-state index in [1.54, 1.807) is 20.8 Å². The number of ether oxygens (including phenoxy) is 2. The summed E-state index contributed by atoms with van der Waals surface area (Å²) in [5.41, 5.74) is -0.504. The van der Waals surface area contributed by atoms with Gasteiger partial charge in [0.2, 0.25) is 0 Å². The Bertz CT molecular complexity index is 282. The summed E-state index contributed by atoms with van der Waals surface area (Å²) < 4.78 is 29.0. The van der Waals surface area contributed by atoms with Gasteiger partial charge < -0.3 is 18.9 Å². The highest BCUT2D eigenvalue weighted by Gasteiger charge is 2.34. The molecule has 0 aromatic rings. The van der Waals surface area contributed by atoms with Gasteiger partial charge in [-0.3, -0.25) is 0 Å². The van der Waals surface area contributed by atoms with Gasteiger partial charge in [-0.2, -0.15) is 0 Å². The maximum atomic E-state index is 11.5. The predicted octanol–water partition coefficient (Wildman–Crippen LogP) is 0.802. The molecule has 1 fully saturated rings. The number of carbonyl (C=O) groups is 1. The van der Waals surface area contributed by atoms with Gasteiger partial charge in [-0.15, -0.1) is 0 Å². The molecule has 94 valence electrons. The lowest BCUT2D eigenvalue weighted by molar-refractivity contribution is -0.0515. The Kier molecular flexibility index (Phi) is 4.28. The van der Waals surface area contributed by atoms with Crippen LogP contribution in [-0.4, -0.2) is 50.5 Å². The molecule has 1 atom stereocenters. The van der Waals surface area contributed by atoms with E-state index in [0.717, 1.165) is 0 Å². The normalized spacial score (nSPS) is 19.1. The molecule has 0 spiro atoms. The third kappa shape index (κ3) is 4.46. The molecule has 1 amide bonds. The molecule has 0 bridgehead atoms. The van der Waals surface area contributed by atoms with Crippen molar-refractivity contribution >= 4 is 17.2 Å². The Hall–Kier alpha value is -0.660. The fourth-order valence-corrected chi connectivity index (χ4v) is 1.48. The second-order valence-electron chi connectivity index (χ2n) is 4.61. The van der Waals surface area contributed by atoms with Crippen LogP contribution in [0.25, 0.3) is 0 Å². The average molecular weight is 251 g/mol. The molecular weight excluding hydrogens is 234 g/mol. The van der Waals surface area contributed by atoms with Gasteiger partial charge in [0.1, 0.15) is 11.5 Å². The van der Waals surface area contributed by atoms with Crippen LogP contribution in [0.15, 0.2) is 0 Å². The summed E-state index contributed by atoms with van der Waals surface area (Å²) >= 11 is -1.95. The van der Waals surface area contributed by atoms with Crippen molar-refractivity contribution in [3.63, 3.8) is 0 Å². The molecule has 1 heterocycles. The first-order chi connectivity index (χ1) is 7.28. The first-order valence-corrected chi connectivity index (χ1v) is 6.22. The van der Waals surface area contributed by atoms with Crippen molar-refractivity contribution < 1.29 is 23.0 Å². The van der Waals surface area contributed by atoms with Crippen molar-refractivity contribution in [2.45, 2.75) is 32.5 Å². The van der Waals surface area contributed by atoms with Crippen LogP contribution < -0.4 is 0 Å². The predicted molar refractivity (Wildman–Crippen MR) is 58.3 cm³/mol. The van der Waals surface area contributed by atoms with E-state index in [0.29, 0.717) is 13.1 Å². The molecule has 1 unspecified atom stereocenters. The molecule has 1 saturated heterocycles.